The molecule has 0 radical (unpaired) electrons. The molecule has 1 aromatic rings. The van der Waals surface area contributed by atoms with Crippen molar-refractivity contribution in [2.45, 2.75) is 38.6 Å². The van der Waals surface area contributed by atoms with E-state index < -0.39 is 5.97 Å². The van der Waals surface area contributed by atoms with Crippen molar-refractivity contribution in [3.05, 3.63) is 18.0 Å². The van der Waals surface area contributed by atoms with Crippen LogP contribution >= 0.6 is 0 Å². The van der Waals surface area contributed by atoms with Crippen molar-refractivity contribution in [2.24, 2.45) is 5.92 Å². The van der Waals surface area contributed by atoms with Crippen LogP contribution in [0.1, 0.15) is 37.7 Å². The van der Waals surface area contributed by atoms with Crippen LogP contribution in [0.4, 0.5) is 0 Å². The number of aryl methyl sites for hydroxylation is 1. The van der Waals surface area contributed by atoms with Crippen LogP contribution in [0.3, 0.4) is 0 Å². The van der Waals surface area contributed by atoms with Gasteiger partial charge < -0.3 is 5.11 Å². The molecule has 1 fully saturated rings. The Labute approximate surface area is 88.9 Å². The summed E-state index contributed by atoms with van der Waals surface area (Å²) in [6, 6.07) is 0. The van der Waals surface area contributed by atoms with E-state index in [0.717, 1.165) is 31.4 Å². The van der Waals surface area contributed by atoms with Gasteiger partial charge in [-0.25, -0.2) is 0 Å². The van der Waals surface area contributed by atoms with Gasteiger partial charge in [-0.15, -0.1) is 0 Å². The lowest BCUT2D eigenvalue weighted by atomic mass is 9.71. The van der Waals surface area contributed by atoms with Gasteiger partial charge in [0.1, 0.15) is 0 Å². The molecule has 0 aliphatic heterocycles. The Kier molecular flexibility index (Phi) is 2.75. The zero-order valence-corrected chi connectivity index (χ0v) is 8.89. The normalized spacial score (nSPS) is 24.9. The summed E-state index contributed by atoms with van der Waals surface area (Å²) in [5, 5.41) is 13.2. The van der Waals surface area contributed by atoms with E-state index in [1.165, 1.54) is 0 Å². The first-order valence-corrected chi connectivity index (χ1v) is 5.47. The number of carboxylic acid groups (broad SMARTS) is 1. The number of hydrogen-bond donors (Lipinski definition) is 1. The van der Waals surface area contributed by atoms with E-state index in [-0.39, 0.29) is 11.8 Å². The summed E-state index contributed by atoms with van der Waals surface area (Å²) in [5.74, 6) is -0.674. The van der Waals surface area contributed by atoms with E-state index in [2.05, 4.69) is 12.0 Å². The van der Waals surface area contributed by atoms with Gasteiger partial charge in [-0.2, -0.15) is 5.10 Å². The monoisotopic (exact) mass is 208 g/mol. The third-order valence-electron chi connectivity index (χ3n) is 3.13. The number of aliphatic carboxylic acids is 1. The lowest BCUT2D eigenvalue weighted by molar-refractivity contribution is -0.145. The van der Waals surface area contributed by atoms with Gasteiger partial charge in [0.05, 0.1) is 12.1 Å². The van der Waals surface area contributed by atoms with Crippen molar-refractivity contribution >= 4 is 5.97 Å². The Bertz CT molecular complexity index is 359. The van der Waals surface area contributed by atoms with Crippen molar-refractivity contribution in [1.82, 2.24) is 9.78 Å². The molecule has 0 amide bonds. The van der Waals surface area contributed by atoms with Gasteiger partial charge in [-0.1, -0.05) is 6.92 Å². The average molecular weight is 208 g/mol. The van der Waals surface area contributed by atoms with Gasteiger partial charge in [-0.05, 0) is 24.8 Å². The summed E-state index contributed by atoms with van der Waals surface area (Å²) >= 11 is 0. The molecule has 1 aromatic heterocycles. The summed E-state index contributed by atoms with van der Waals surface area (Å²) in [4.78, 5) is 10.9. The molecule has 2 rings (SSSR count). The minimum absolute atomic E-state index is 0.188. The van der Waals surface area contributed by atoms with Crippen LogP contribution in [0.5, 0.6) is 0 Å². The van der Waals surface area contributed by atoms with Crippen LogP contribution in [-0.2, 0) is 11.3 Å². The van der Waals surface area contributed by atoms with E-state index in [9.17, 15) is 4.79 Å². The third-order valence-corrected chi connectivity index (χ3v) is 3.13. The summed E-state index contributed by atoms with van der Waals surface area (Å²) in [6.07, 6.45) is 6.64. The van der Waals surface area contributed by atoms with Crippen molar-refractivity contribution in [1.29, 1.82) is 0 Å². The topological polar surface area (TPSA) is 55.1 Å². The molecule has 1 heterocycles. The summed E-state index contributed by atoms with van der Waals surface area (Å²) < 4.78 is 1.90. The molecule has 4 heteroatoms. The Morgan fingerprint density at radius 1 is 1.67 bits per heavy atom. The summed E-state index contributed by atoms with van der Waals surface area (Å²) in [7, 11) is 0. The Balaban J connectivity index is 2.06. The van der Waals surface area contributed by atoms with Crippen molar-refractivity contribution < 1.29 is 9.90 Å². The third kappa shape index (κ3) is 1.89. The molecule has 4 nitrogen and oxygen atoms in total. The van der Waals surface area contributed by atoms with E-state index in [0.29, 0.717) is 0 Å². The maximum atomic E-state index is 10.9. The zero-order chi connectivity index (χ0) is 10.8. The number of aromatic nitrogens is 2. The van der Waals surface area contributed by atoms with Crippen LogP contribution < -0.4 is 0 Å². The Morgan fingerprint density at radius 2 is 2.47 bits per heavy atom. The van der Waals surface area contributed by atoms with E-state index in [1.54, 1.807) is 0 Å². The van der Waals surface area contributed by atoms with Crippen LogP contribution in [0.2, 0.25) is 0 Å². The number of rotatable bonds is 4. The molecule has 15 heavy (non-hydrogen) atoms. The second-order valence-corrected chi connectivity index (χ2v) is 4.17. The van der Waals surface area contributed by atoms with Gasteiger partial charge in [0.15, 0.2) is 0 Å². The largest absolute Gasteiger partial charge is 0.481 e. The first-order chi connectivity index (χ1) is 7.22. The number of hydrogen-bond acceptors (Lipinski definition) is 2. The van der Waals surface area contributed by atoms with Gasteiger partial charge in [0.2, 0.25) is 0 Å². The molecule has 2 atom stereocenters. The van der Waals surface area contributed by atoms with Crippen LogP contribution in [0, 0.1) is 5.92 Å². The zero-order valence-electron chi connectivity index (χ0n) is 8.89. The quantitative estimate of drug-likeness (QED) is 0.821. The summed E-state index contributed by atoms with van der Waals surface area (Å²) in [5.41, 5.74) is 1.09. The molecular weight excluding hydrogens is 192 g/mol. The second kappa shape index (κ2) is 4.04. The predicted octanol–water partition coefficient (Wildman–Crippen LogP) is 1.87. The molecule has 1 N–H and O–H groups in total. The number of nitrogens with zero attached hydrogens (tertiary/aromatic N) is 2. The number of carbonyl (C=O) groups is 1. The molecule has 1 aliphatic rings. The van der Waals surface area contributed by atoms with Crippen molar-refractivity contribution in [3.63, 3.8) is 0 Å². The van der Waals surface area contributed by atoms with Gasteiger partial charge >= 0.3 is 5.97 Å². The Morgan fingerprint density at radius 3 is 3.00 bits per heavy atom. The minimum atomic E-state index is -0.672. The standard InChI is InChI=1S/C11H16N2O2/c1-2-5-13-7-8(6-12-13)9-3-4-10(9)11(14)15/h6-7,9-10H,2-5H2,1H3,(H,14,15). The molecule has 2 unspecified atom stereocenters. The van der Waals surface area contributed by atoms with Crippen molar-refractivity contribution in [3.8, 4) is 0 Å². The van der Waals surface area contributed by atoms with E-state index in [4.69, 9.17) is 5.11 Å². The highest BCUT2D eigenvalue weighted by Gasteiger charge is 2.38. The van der Waals surface area contributed by atoms with Crippen LogP contribution in [0.25, 0.3) is 0 Å². The first-order valence-electron chi connectivity index (χ1n) is 5.47. The number of carboxylic acids is 1. The van der Waals surface area contributed by atoms with Gasteiger partial charge in [0, 0.05) is 18.7 Å². The fourth-order valence-corrected chi connectivity index (χ4v) is 2.12. The lowest BCUT2D eigenvalue weighted by Crippen LogP contribution is -2.30. The molecule has 1 saturated carbocycles. The second-order valence-electron chi connectivity index (χ2n) is 4.17. The van der Waals surface area contributed by atoms with Crippen LogP contribution in [0.15, 0.2) is 12.4 Å². The highest BCUT2D eigenvalue weighted by atomic mass is 16.4. The minimum Gasteiger partial charge on any atom is -0.481 e. The molecule has 0 saturated heterocycles. The smallest absolute Gasteiger partial charge is 0.307 e. The maximum Gasteiger partial charge on any atom is 0.307 e. The van der Waals surface area contributed by atoms with E-state index >= 15 is 0 Å². The Hall–Kier alpha value is -1.32. The highest BCUT2D eigenvalue weighted by Crippen LogP contribution is 2.42. The SMILES string of the molecule is CCCn1cc(C2CCC2C(=O)O)cn1. The van der Waals surface area contributed by atoms with E-state index in [1.807, 2.05) is 17.1 Å². The molecule has 0 aromatic carbocycles. The predicted molar refractivity (Wildman–Crippen MR) is 55.6 cm³/mol. The molecule has 0 spiro atoms. The lowest BCUT2D eigenvalue weighted by Gasteiger charge is -2.32. The fraction of sp³-hybridized carbons (Fsp3) is 0.636. The highest BCUT2D eigenvalue weighted by molar-refractivity contribution is 5.72. The molecule has 82 valence electrons. The van der Waals surface area contributed by atoms with Gasteiger partial charge in [0.25, 0.3) is 0 Å². The fourth-order valence-electron chi connectivity index (χ4n) is 2.12. The van der Waals surface area contributed by atoms with Gasteiger partial charge in [-0.3, -0.25) is 9.48 Å². The van der Waals surface area contributed by atoms with Crippen LogP contribution in [-0.4, -0.2) is 20.9 Å². The maximum absolute atomic E-state index is 10.9. The average Bonchev–Trinajstić information content (AvgIpc) is 2.50. The molecule has 0 bridgehead atoms. The molecular formula is C11H16N2O2. The first kappa shape index (κ1) is 10.2. The molecule has 1 aliphatic carbocycles. The van der Waals surface area contributed by atoms with Crippen molar-refractivity contribution in [2.75, 3.05) is 0 Å². The summed E-state index contributed by atoms with van der Waals surface area (Å²) in [6.45, 7) is 3.01.